The van der Waals surface area contributed by atoms with E-state index >= 15 is 0 Å². The molecule has 1 aliphatic carbocycles. The molecule has 0 aliphatic heterocycles. The van der Waals surface area contributed by atoms with Crippen molar-refractivity contribution in [3.05, 3.63) is 99.4 Å². The number of nitrogens with zero attached hydrogens (tertiary/aromatic N) is 3. The van der Waals surface area contributed by atoms with E-state index in [1.807, 2.05) is 47.8 Å². The lowest BCUT2D eigenvalue weighted by atomic mass is 9.84. The van der Waals surface area contributed by atoms with Gasteiger partial charge in [0.05, 0.1) is 13.0 Å². The Labute approximate surface area is 247 Å². The van der Waals surface area contributed by atoms with Crippen molar-refractivity contribution in [2.24, 2.45) is 16.1 Å². The molecule has 41 heavy (non-hydrogen) atoms. The monoisotopic (exact) mass is 586 g/mol. The van der Waals surface area contributed by atoms with E-state index in [1.165, 1.54) is 37.7 Å². The maximum atomic E-state index is 13.9. The van der Waals surface area contributed by atoms with Gasteiger partial charge in [0.25, 0.3) is 5.91 Å². The first-order valence-corrected chi connectivity index (χ1v) is 14.8. The number of amides is 2. The number of hydrogen-bond donors (Lipinski definition) is 3. The van der Waals surface area contributed by atoms with Crippen molar-refractivity contribution >= 4 is 56.5 Å². The van der Waals surface area contributed by atoms with Gasteiger partial charge in [-0.2, -0.15) is 5.53 Å². The average Bonchev–Trinajstić information content (AvgIpc) is 3.38. The summed E-state index contributed by atoms with van der Waals surface area (Å²) in [4.78, 5) is 28.1. The molecule has 1 aromatic heterocycles. The molecule has 0 unspecified atom stereocenters. The largest absolute Gasteiger partial charge is 0.368 e. The van der Waals surface area contributed by atoms with Gasteiger partial charge in [-0.05, 0) is 93.9 Å². The van der Waals surface area contributed by atoms with Gasteiger partial charge in [0.2, 0.25) is 11.9 Å². The SMILES string of the molecule is N=NN=C(N)NC(=O)c1ccc(CN(C(=O)Cc2csc3ccc(Cl)cc23)c2ccc(C3CCCCC3)cc2)cc1. The highest BCUT2D eigenvalue weighted by Crippen LogP contribution is 2.34. The maximum Gasteiger partial charge on any atom is 0.257 e. The Morgan fingerprint density at radius 2 is 1.76 bits per heavy atom. The molecule has 210 valence electrons. The van der Waals surface area contributed by atoms with E-state index in [1.54, 1.807) is 28.4 Å². The zero-order chi connectivity index (χ0) is 28.8. The van der Waals surface area contributed by atoms with Crippen LogP contribution in [0.2, 0.25) is 5.02 Å². The summed E-state index contributed by atoms with van der Waals surface area (Å²) in [7, 11) is 0. The summed E-state index contributed by atoms with van der Waals surface area (Å²) >= 11 is 7.87. The third-order valence-corrected chi connectivity index (χ3v) is 8.74. The van der Waals surface area contributed by atoms with Gasteiger partial charge < -0.3 is 10.6 Å². The molecule has 4 N–H and O–H groups in total. The van der Waals surface area contributed by atoms with E-state index in [4.69, 9.17) is 22.9 Å². The fourth-order valence-corrected chi connectivity index (χ4v) is 6.46. The lowest BCUT2D eigenvalue weighted by Crippen LogP contribution is -2.36. The highest BCUT2D eigenvalue weighted by molar-refractivity contribution is 7.17. The minimum absolute atomic E-state index is 0.0277. The Kier molecular flexibility index (Phi) is 9.06. The normalized spacial score (nSPS) is 14.1. The molecule has 1 saturated carbocycles. The van der Waals surface area contributed by atoms with Crippen molar-refractivity contribution in [1.82, 2.24) is 5.32 Å². The Morgan fingerprint density at radius 1 is 1.02 bits per heavy atom. The highest BCUT2D eigenvalue weighted by Gasteiger charge is 2.21. The minimum Gasteiger partial charge on any atom is -0.368 e. The predicted octanol–water partition coefficient (Wildman–Crippen LogP) is 7.37. The van der Waals surface area contributed by atoms with Crippen molar-refractivity contribution in [1.29, 1.82) is 5.53 Å². The van der Waals surface area contributed by atoms with Gasteiger partial charge in [-0.15, -0.1) is 11.3 Å². The molecule has 1 heterocycles. The van der Waals surface area contributed by atoms with Crippen molar-refractivity contribution < 1.29 is 9.59 Å². The molecule has 4 aromatic rings. The van der Waals surface area contributed by atoms with E-state index < -0.39 is 5.91 Å². The second-order valence-corrected chi connectivity index (χ2v) is 11.6. The number of halogens is 1. The molecule has 5 rings (SSSR count). The molecule has 0 saturated heterocycles. The van der Waals surface area contributed by atoms with Crippen LogP contribution < -0.4 is 16.0 Å². The summed E-state index contributed by atoms with van der Waals surface area (Å²) in [6.45, 7) is 0.341. The first-order valence-electron chi connectivity index (χ1n) is 13.6. The first kappa shape index (κ1) is 28.4. The zero-order valence-electron chi connectivity index (χ0n) is 22.5. The molecule has 8 nitrogen and oxygen atoms in total. The minimum atomic E-state index is -0.462. The molecule has 0 atom stereocenters. The zero-order valence-corrected chi connectivity index (χ0v) is 24.0. The van der Waals surface area contributed by atoms with E-state index in [9.17, 15) is 9.59 Å². The molecule has 0 spiro atoms. The second-order valence-electron chi connectivity index (χ2n) is 10.2. The van der Waals surface area contributed by atoms with Crippen molar-refractivity contribution in [2.45, 2.75) is 51.0 Å². The molecular formula is C31H31ClN6O2S. The Bertz CT molecular complexity index is 1580. The van der Waals surface area contributed by atoms with Crippen LogP contribution in [0.15, 0.2) is 82.4 Å². The molecule has 3 aromatic carbocycles. The average molecular weight is 587 g/mol. The summed E-state index contributed by atoms with van der Waals surface area (Å²) in [5.41, 5.74) is 16.6. The van der Waals surface area contributed by atoms with Crippen molar-refractivity contribution in [3.63, 3.8) is 0 Å². The molecule has 2 amide bonds. The number of carbonyl (C=O) groups is 2. The number of nitrogens with one attached hydrogen (secondary N) is 2. The topological polar surface area (TPSA) is 124 Å². The van der Waals surface area contributed by atoms with Gasteiger partial charge in [0.1, 0.15) is 0 Å². The summed E-state index contributed by atoms with van der Waals surface area (Å²) in [5.74, 6) is -0.170. The number of anilines is 1. The Balaban J connectivity index is 1.39. The van der Waals surface area contributed by atoms with E-state index in [0.29, 0.717) is 23.0 Å². The Hall–Kier alpha value is -4.08. The third kappa shape index (κ3) is 6.99. The lowest BCUT2D eigenvalue weighted by Gasteiger charge is -2.25. The molecular weight excluding hydrogens is 556 g/mol. The van der Waals surface area contributed by atoms with Crippen LogP contribution in [0, 0.1) is 5.53 Å². The van der Waals surface area contributed by atoms with Gasteiger partial charge in [0.15, 0.2) is 0 Å². The van der Waals surface area contributed by atoms with Crippen LogP contribution in [0.25, 0.3) is 10.1 Å². The van der Waals surface area contributed by atoms with Crippen LogP contribution in [0.1, 0.15) is 65.1 Å². The van der Waals surface area contributed by atoms with Gasteiger partial charge in [-0.3, -0.25) is 14.9 Å². The maximum absolute atomic E-state index is 13.9. The third-order valence-electron chi connectivity index (χ3n) is 7.50. The number of nitrogens with two attached hydrogens (primary N) is 1. The van der Waals surface area contributed by atoms with Gasteiger partial charge in [0, 0.05) is 21.0 Å². The molecule has 10 heteroatoms. The van der Waals surface area contributed by atoms with Crippen LogP contribution in [-0.2, 0) is 17.8 Å². The molecule has 0 radical (unpaired) electrons. The van der Waals surface area contributed by atoms with Crippen LogP contribution >= 0.6 is 22.9 Å². The van der Waals surface area contributed by atoms with Gasteiger partial charge >= 0.3 is 0 Å². The fourth-order valence-electron chi connectivity index (χ4n) is 5.35. The van der Waals surface area contributed by atoms with Gasteiger partial charge in [-0.25, -0.2) is 0 Å². The number of benzene rings is 3. The quantitative estimate of drug-likeness (QED) is 0.0863. The molecule has 1 fully saturated rings. The van der Waals surface area contributed by atoms with E-state index in [0.717, 1.165) is 26.9 Å². The molecule has 1 aliphatic rings. The number of thiophene rings is 1. The summed E-state index contributed by atoms with van der Waals surface area (Å²) in [5, 5.41) is 12.2. The van der Waals surface area contributed by atoms with Crippen molar-refractivity contribution in [2.75, 3.05) is 4.90 Å². The smallest absolute Gasteiger partial charge is 0.257 e. The number of fused-ring (bicyclic) bond motifs is 1. The highest BCUT2D eigenvalue weighted by atomic mass is 35.5. The standard InChI is InChI=1S/C31H31ClN6O2S/c32-25-12-15-28-27(17-25)24(19-41-28)16-29(39)38(26-13-10-22(11-14-26)21-4-2-1-3-5-21)18-20-6-8-23(9-7-20)30(40)35-31(33)36-37-34/h6-15,17,19,21H,1-5,16,18H2,(H4,33,34,35,36,40). The summed E-state index contributed by atoms with van der Waals surface area (Å²) < 4.78 is 1.09. The van der Waals surface area contributed by atoms with Crippen LogP contribution in [0.3, 0.4) is 0 Å². The predicted molar refractivity (Wildman–Crippen MR) is 165 cm³/mol. The van der Waals surface area contributed by atoms with Gasteiger partial charge in [-0.1, -0.05) is 60.2 Å². The number of carbonyl (C=O) groups excluding carboxylic acids is 2. The number of rotatable bonds is 8. The number of hydrogen-bond acceptors (Lipinski definition) is 5. The summed E-state index contributed by atoms with van der Waals surface area (Å²) in [6.07, 6.45) is 6.51. The Morgan fingerprint density at radius 3 is 2.46 bits per heavy atom. The fraction of sp³-hybridized carbons (Fsp3) is 0.258. The first-order chi connectivity index (χ1) is 19.9. The van der Waals surface area contributed by atoms with Crippen LogP contribution in [0.5, 0.6) is 0 Å². The van der Waals surface area contributed by atoms with E-state index in [2.05, 4.69) is 27.8 Å². The second kappa shape index (κ2) is 13.1. The van der Waals surface area contributed by atoms with Crippen LogP contribution in [0.4, 0.5) is 5.69 Å². The van der Waals surface area contributed by atoms with E-state index in [-0.39, 0.29) is 18.3 Å². The van der Waals surface area contributed by atoms with Crippen LogP contribution in [-0.4, -0.2) is 17.8 Å². The van der Waals surface area contributed by atoms with Crippen molar-refractivity contribution in [3.8, 4) is 0 Å². The lowest BCUT2D eigenvalue weighted by molar-refractivity contribution is -0.118. The number of guanidine groups is 1. The summed E-state index contributed by atoms with van der Waals surface area (Å²) in [6, 6.07) is 21.1. The molecule has 0 bridgehead atoms.